The number of carboxylic acid groups (broad SMARTS) is 1. The number of hydrogen-bond acceptors (Lipinski definition) is 3. The second-order valence-corrected chi connectivity index (χ2v) is 5.61. The molecule has 2 rings (SSSR count). The molecule has 0 aliphatic carbocycles. The highest BCUT2D eigenvalue weighted by atomic mass is 35.5. The second-order valence-electron chi connectivity index (χ2n) is 5.17. The van der Waals surface area contributed by atoms with E-state index in [2.05, 4.69) is 0 Å². The molecule has 1 aliphatic heterocycles. The third-order valence-electron chi connectivity index (χ3n) is 3.84. The van der Waals surface area contributed by atoms with Gasteiger partial charge in [0.05, 0.1) is 18.6 Å². The van der Waals surface area contributed by atoms with E-state index < -0.39 is 17.9 Å². The molecule has 1 saturated heterocycles. The van der Waals surface area contributed by atoms with E-state index in [1.54, 1.807) is 30.2 Å². The van der Waals surface area contributed by atoms with Crippen LogP contribution in [0.15, 0.2) is 18.2 Å². The molecule has 1 aromatic carbocycles. The molecule has 1 aromatic rings. The molecule has 21 heavy (non-hydrogen) atoms. The summed E-state index contributed by atoms with van der Waals surface area (Å²) in [7, 11) is 1.55. The first-order chi connectivity index (χ1) is 9.95. The Kier molecular flexibility index (Phi) is 4.85. The van der Waals surface area contributed by atoms with Gasteiger partial charge in [0, 0.05) is 25.1 Å². The van der Waals surface area contributed by atoms with Gasteiger partial charge >= 0.3 is 5.97 Å². The van der Waals surface area contributed by atoms with Gasteiger partial charge in [-0.25, -0.2) is 0 Å². The summed E-state index contributed by atoms with van der Waals surface area (Å²) in [5, 5.41) is 10.0. The fourth-order valence-corrected chi connectivity index (χ4v) is 3.05. The van der Waals surface area contributed by atoms with Crippen molar-refractivity contribution in [3.05, 3.63) is 34.3 Å². The van der Waals surface area contributed by atoms with Crippen molar-refractivity contribution in [1.29, 1.82) is 0 Å². The number of aryl methyl sites for hydroxylation is 1. The van der Waals surface area contributed by atoms with Gasteiger partial charge in [0.15, 0.2) is 0 Å². The van der Waals surface area contributed by atoms with Crippen LogP contribution < -0.4 is 0 Å². The summed E-state index contributed by atoms with van der Waals surface area (Å²) in [5.41, 5.74) is 1.71. The first-order valence-electron chi connectivity index (χ1n) is 6.73. The van der Waals surface area contributed by atoms with Crippen molar-refractivity contribution in [2.45, 2.75) is 19.4 Å². The summed E-state index contributed by atoms with van der Waals surface area (Å²) in [4.78, 5) is 25.2. The molecular formula is C15H18ClNO4. The molecule has 0 spiro atoms. The normalized spacial score (nSPS) is 21.9. The second kappa shape index (κ2) is 6.45. The van der Waals surface area contributed by atoms with Crippen LogP contribution in [0.25, 0.3) is 0 Å². The lowest BCUT2D eigenvalue weighted by atomic mass is 9.91. The van der Waals surface area contributed by atoms with Gasteiger partial charge in [-0.05, 0) is 30.2 Å². The van der Waals surface area contributed by atoms with Gasteiger partial charge < -0.3 is 14.7 Å². The zero-order chi connectivity index (χ0) is 15.6. The van der Waals surface area contributed by atoms with Crippen molar-refractivity contribution >= 4 is 23.5 Å². The minimum absolute atomic E-state index is 0.0196. The van der Waals surface area contributed by atoms with Crippen molar-refractivity contribution in [2.24, 2.45) is 5.92 Å². The maximum Gasteiger partial charge on any atom is 0.309 e. The molecular weight excluding hydrogens is 294 g/mol. The van der Waals surface area contributed by atoms with Crippen molar-refractivity contribution in [3.8, 4) is 0 Å². The fraction of sp³-hybridized carbons (Fsp3) is 0.467. The molecule has 1 fully saturated rings. The number of likely N-dealkylation sites (tertiary alicyclic amines) is 1. The Morgan fingerprint density at radius 2 is 2.24 bits per heavy atom. The Balaban J connectivity index is 2.41. The van der Waals surface area contributed by atoms with Crippen molar-refractivity contribution in [1.82, 2.24) is 4.90 Å². The summed E-state index contributed by atoms with van der Waals surface area (Å²) in [6.07, 6.45) is 0.0196. The van der Waals surface area contributed by atoms with Crippen LogP contribution >= 0.6 is 11.6 Å². The van der Waals surface area contributed by atoms with Crippen molar-refractivity contribution in [2.75, 3.05) is 20.3 Å². The summed E-state index contributed by atoms with van der Waals surface area (Å²) >= 11 is 5.95. The number of carbonyl (C=O) groups is 2. The zero-order valence-corrected chi connectivity index (χ0v) is 12.8. The smallest absolute Gasteiger partial charge is 0.309 e. The number of aliphatic carboxylic acids is 1. The molecule has 0 saturated carbocycles. The van der Waals surface area contributed by atoms with Crippen LogP contribution in [0.5, 0.6) is 0 Å². The molecule has 1 N–H and O–H groups in total. The average Bonchev–Trinajstić information content (AvgIpc) is 2.74. The number of hydrogen-bond donors (Lipinski definition) is 1. The fourth-order valence-electron chi connectivity index (χ4n) is 2.82. The van der Waals surface area contributed by atoms with E-state index in [0.29, 0.717) is 18.2 Å². The standard InChI is InChI=1S/C15H18ClNO4/c1-9-7-10(16)3-4-11(9)14-12(15(19)20)8-13(18)17(14)5-6-21-2/h3-4,7,12,14H,5-6,8H2,1-2H3,(H,19,20). The predicted molar refractivity (Wildman–Crippen MR) is 78.3 cm³/mol. The van der Waals surface area contributed by atoms with Gasteiger partial charge in [0.25, 0.3) is 0 Å². The van der Waals surface area contributed by atoms with Gasteiger partial charge in [-0.15, -0.1) is 0 Å². The highest BCUT2D eigenvalue weighted by Gasteiger charge is 2.44. The van der Waals surface area contributed by atoms with E-state index in [9.17, 15) is 14.7 Å². The number of halogens is 1. The molecule has 0 bridgehead atoms. The van der Waals surface area contributed by atoms with E-state index in [-0.39, 0.29) is 12.3 Å². The lowest BCUT2D eigenvalue weighted by Gasteiger charge is -2.28. The van der Waals surface area contributed by atoms with Crippen LogP contribution in [0.1, 0.15) is 23.6 Å². The number of benzene rings is 1. The maximum atomic E-state index is 12.1. The molecule has 0 aromatic heterocycles. The number of amides is 1. The van der Waals surface area contributed by atoms with Gasteiger partial charge in [-0.2, -0.15) is 0 Å². The third-order valence-corrected chi connectivity index (χ3v) is 4.07. The van der Waals surface area contributed by atoms with Gasteiger partial charge in [-0.1, -0.05) is 17.7 Å². The van der Waals surface area contributed by atoms with Crippen LogP contribution in [-0.4, -0.2) is 42.1 Å². The first-order valence-corrected chi connectivity index (χ1v) is 7.10. The Labute approximate surface area is 128 Å². The topological polar surface area (TPSA) is 66.8 Å². The SMILES string of the molecule is COCCN1C(=O)CC(C(=O)O)C1c1ccc(Cl)cc1C. The van der Waals surface area contributed by atoms with Gasteiger partial charge in [0.2, 0.25) is 5.91 Å². The van der Waals surface area contributed by atoms with Crippen LogP contribution in [-0.2, 0) is 14.3 Å². The lowest BCUT2D eigenvalue weighted by molar-refractivity contribution is -0.142. The van der Waals surface area contributed by atoms with E-state index in [4.69, 9.17) is 16.3 Å². The first kappa shape index (κ1) is 15.8. The minimum atomic E-state index is -0.956. The van der Waals surface area contributed by atoms with Crippen LogP contribution in [0.4, 0.5) is 0 Å². The Bertz CT molecular complexity index is 561. The number of methoxy groups -OCH3 is 1. The number of ether oxygens (including phenoxy) is 1. The summed E-state index contributed by atoms with van der Waals surface area (Å²) in [6, 6.07) is 4.84. The number of nitrogens with zero attached hydrogens (tertiary/aromatic N) is 1. The highest BCUT2D eigenvalue weighted by molar-refractivity contribution is 6.30. The number of carbonyl (C=O) groups excluding carboxylic acids is 1. The molecule has 1 aliphatic rings. The van der Waals surface area contributed by atoms with Crippen molar-refractivity contribution < 1.29 is 19.4 Å². The quantitative estimate of drug-likeness (QED) is 0.906. The third kappa shape index (κ3) is 3.19. The van der Waals surface area contributed by atoms with Crippen LogP contribution in [0.2, 0.25) is 5.02 Å². The lowest BCUT2D eigenvalue weighted by Crippen LogP contribution is -2.33. The summed E-state index contributed by atoms with van der Waals surface area (Å²) in [6.45, 7) is 2.63. The van der Waals surface area contributed by atoms with E-state index >= 15 is 0 Å². The molecule has 1 heterocycles. The number of carboxylic acids is 1. The van der Waals surface area contributed by atoms with Gasteiger partial charge in [0.1, 0.15) is 0 Å². The molecule has 2 unspecified atom stereocenters. The van der Waals surface area contributed by atoms with Crippen LogP contribution in [0, 0.1) is 12.8 Å². The Morgan fingerprint density at radius 1 is 1.52 bits per heavy atom. The Hall–Kier alpha value is -1.59. The maximum absolute atomic E-state index is 12.1. The van der Waals surface area contributed by atoms with E-state index in [1.807, 2.05) is 6.92 Å². The van der Waals surface area contributed by atoms with E-state index in [0.717, 1.165) is 11.1 Å². The van der Waals surface area contributed by atoms with Gasteiger partial charge in [-0.3, -0.25) is 9.59 Å². The molecule has 2 atom stereocenters. The zero-order valence-electron chi connectivity index (χ0n) is 12.0. The largest absolute Gasteiger partial charge is 0.481 e. The summed E-state index contributed by atoms with van der Waals surface area (Å²) in [5.74, 6) is -1.85. The van der Waals surface area contributed by atoms with Crippen LogP contribution in [0.3, 0.4) is 0 Å². The molecule has 114 valence electrons. The average molecular weight is 312 g/mol. The van der Waals surface area contributed by atoms with Crippen molar-refractivity contribution in [3.63, 3.8) is 0 Å². The molecule has 1 amide bonds. The predicted octanol–water partition coefficient (Wildman–Crippen LogP) is 2.27. The minimum Gasteiger partial charge on any atom is -0.481 e. The molecule has 5 nitrogen and oxygen atoms in total. The molecule has 6 heteroatoms. The van der Waals surface area contributed by atoms with E-state index in [1.165, 1.54) is 0 Å². The molecule has 0 radical (unpaired) electrons. The highest BCUT2D eigenvalue weighted by Crippen LogP contribution is 2.39. The number of rotatable bonds is 5. The summed E-state index contributed by atoms with van der Waals surface area (Å²) < 4.78 is 5.02. The monoisotopic (exact) mass is 311 g/mol. The Morgan fingerprint density at radius 3 is 2.81 bits per heavy atom.